The molecule has 2 saturated heterocycles. The third kappa shape index (κ3) is 1.79. The molecule has 2 aliphatic heterocycles. The van der Waals surface area contributed by atoms with Crippen LogP contribution in [-0.2, 0) is 9.47 Å². The number of hydrogen-bond acceptors (Lipinski definition) is 3. The van der Waals surface area contributed by atoms with Crippen molar-refractivity contribution >= 4 is 0 Å². The fraction of sp³-hybridized carbons (Fsp3) is 1.00. The van der Waals surface area contributed by atoms with Crippen molar-refractivity contribution in [2.45, 2.75) is 56.1 Å². The molecule has 0 bridgehead atoms. The summed E-state index contributed by atoms with van der Waals surface area (Å²) in [5.74, 6) is 0.658. The van der Waals surface area contributed by atoms with Crippen molar-refractivity contribution in [3.8, 4) is 0 Å². The maximum absolute atomic E-state index is 6.59. The molecule has 1 spiro atoms. The van der Waals surface area contributed by atoms with Crippen LogP contribution in [0.1, 0.15) is 44.9 Å². The highest BCUT2D eigenvalue weighted by atomic mass is 16.6. The molecule has 3 nitrogen and oxygen atoms in total. The first-order chi connectivity index (χ1) is 7.73. The lowest BCUT2D eigenvalue weighted by atomic mass is 9.73. The van der Waals surface area contributed by atoms with Crippen molar-refractivity contribution in [3.63, 3.8) is 0 Å². The van der Waals surface area contributed by atoms with Gasteiger partial charge in [-0.15, -0.1) is 0 Å². The van der Waals surface area contributed by atoms with E-state index in [2.05, 4.69) is 0 Å². The summed E-state index contributed by atoms with van der Waals surface area (Å²) >= 11 is 0. The topological polar surface area (TPSA) is 44.5 Å². The zero-order valence-electron chi connectivity index (χ0n) is 10.0. The summed E-state index contributed by atoms with van der Waals surface area (Å²) in [6, 6.07) is 0. The minimum absolute atomic E-state index is 0.0257. The van der Waals surface area contributed by atoms with E-state index in [1.807, 2.05) is 0 Å². The van der Waals surface area contributed by atoms with Crippen molar-refractivity contribution in [2.24, 2.45) is 11.7 Å². The molecule has 0 aromatic carbocycles. The maximum atomic E-state index is 6.59. The van der Waals surface area contributed by atoms with Gasteiger partial charge in [0.1, 0.15) is 0 Å². The molecule has 1 aliphatic carbocycles. The quantitative estimate of drug-likeness (QED) is 0.740. The average molecular weight is 225 g/mol. The lowest BCUT2D eigenvalue weighted by Gasteiger charge is -2.44. The lowest BCUT2D eigenvalue weighted by molar-refractivity contribution is -0.109. The van der Waals surface area contributed by atoms with Crippen LogP contribution in [0.4, 0.5) is 0 Å². The SMILES string of the molecule is NC1(C2CCOC3(CCOC3)C2)CCCC1. The first-order valence-electron chi connectivity index (χ1n) is 6.73. The van der Waals surface area contributed by atoms with Crippen LogP contribution in [0.3, 0.4) is 0 Å². The van der Waals surface area contributed by atoms with Crippen molar-refractivity contribution in [2.75, 3.05) is 19.8 Å². The number of ether oxygens (including phenoxy) is 2. The van der Waals surface area contributed by atoms with Crippen LogP contribution in [-0.4, -0.2) is 31.0 Å². The third-order valence-corrected chi connectivity index (χ3v) is 4.91. The Balaban J connectivity index is 1.72. The summed E-state index contributed by atoms with van der Waals surface area (Å²) in [5, 5.41) is 0. The van der Waals surface area contributed by atoms with Crippen molar-refractivity contribution in [1.29, 1.82) is 0 Å². The van der Waals surface area contributed by atoms with E-state index in [0.29, 0.717) is 5.92 Å². The fourth-order valence-corrected chi connectivity index (χ4v) is 3.82. The van der Waals surface area contributed by atoms with Crippen LogP contribution in [0, 0.1) is 5.92 Å². The first kappa shape index (κ1) is 11.0. The predicted octanol–water partition coefficient (Wildman–Crippen LogP) is 1.84. The molecule has 2 atom stereocenters. The smallest absolute Gasteiger partial charge is 0.0940 e. The van der Waals surface area contributed by atoms with E-state index >= 15 is 0 Å². The Bertz CT molecular complexity index is 245. The summed E-state index contributed by atoms with van der Waals surface area (Å²) in [6.45, 7) is 2.54. The molecule has 3 fully saturated rings. The number of hydrogen-bond donors (Lipinski definition) is 1. The molecule has 3 rings (SSSR count). The Morgan fingerprint density at radius 1 is 1.06 bits per heavy atom. The Morgan fingerprint density at radius 3 is 2.56 bits per heavy atom. The van der Waals surface area contributed by atoms with Crippen LogP contribution >= 0.6 is 0 Å². The molecule has 3 heteroatoms. The minimum atomic E-state index is 0.0257. The van der Waals surface area contributed by atoms with Crippen molar-refractivity contribution in [3.05, 3.63) is 0 Å². The van der Waals surface area contributed by atoms with Gasteiger partial charge in [-0.05, 0) is 31.6 Å². The summed E-state index contributed by atoms with van der Waals surface area (Å²) < 4.78 is 11.5. The van der Waals surface area contributed by atoms with Crippen LogP contribution in [0.5, 0.6) is 0 Å². The Labute approximate surface area is 97.7 Å². The molecule has 92 valence electrons. The summed E-state index contributed by atoms with van der Waals surface area (Å²) in [4.78, 5) is 0. The molecule has 0 amide bonds. The Morgan fingerprint density at radius 2 is 1.88 bits per heavy atom. The van der Waals surface area contributed by atoms with Gasteiger partial charge in [0, 0.05) is 25.2 Å². The monoisotopic (exact) mass is 225 g/mol. The molecule has 0 aromatic rings. The molecule has 16 heavy (non-hydrogen) atoms. The average Bonchev–Trinajstić information content (AvgIpc) is 2.90. The molecule has 2 unspecified atom stereocenters. The van der Waals surface area contributed by atoms with Crippen molar-refractivity contribution < 1.29 is 9.47 Å². The van der Waals surface area contributed by atoms with E-state index in [1.54, 1.807) is 0 Å². The zero-order valence-corrected chi connectivity index (χ0v) is 10.0. The highest BCUT2D eigenvalue weighted by molar-refractivity contribution is 5.01. The van der Waals surface area contributed by atoms with Crippen LogP contribution < -0.4 is 5.73 Å². The second-order valence-corrected chi connectivity index (χ2v) is 5.96. The van der Waals surface area contributed by atoms with E-state index in [9.17, 15) is 0 Å². The third-order valence-electron chi connectivity index (χ3n) is 4.91. The summed E-state index contributed by atoms with van der Waals surface area (Å²) in [5.41, 5.74) is 6.72. The normalized spacial score (nSPS) is 42.9. The zero-order chi connectivity index (χ0) is 11.1. The lowest BCUT2D eigenvalue weighted by Crippen LogP contribution is -2.52. The van der Waals surface area contributed by atoms with Gasteiger partial charge in [-0.3, -0.25) is 0 Å². The van der Waals surface area contributed by atoms with Crippen LogP contribution in [0.15, 0.2) is 0 Å². The Hall–Kier alpha value is -0.120. The second kappa shape index (κ2) is 3.97. The molecule has 1 saturated carbocycles. The fourth-order valence-electron chi connectivity index (χ4n) is 3.82. The molecule has 2 N–H and O–H groups in total. The van der Waals surface area contributed by atoms with Crippen LogP contribution in [0.25, 0.3) is 0 Å². The summed E-state index contributed by atoms with van der Waals surface area (Å²) in [6.07, 6.45) is 8.42. The molecule has 0 radical (unpaired) electrons. The highest BCUT2D eigenvalue weighted by Crippen LogP contribution is 2.44. The van der Waals surface area contributed by atoms with E-state index in [0.717, 1.165) is 39.1 Å². The van der Waals surface area contributed by atoms with Gasteiger partial charge in [-0.1, -0.05) is 12.8 Å². The van der Waals surface area contributed by atoms with Gasteiger partial charge in [0.05, 0.1) is 12.2 Å². The molecule has 3 aliphatic rings. The van der Waals surface area contributed by atoms with Gasteiger partial charge in [0.25, 0.3) is 0 Å². The van der Waals surface area contributed by atoms with Gasteiger partial charge in [-0.25, -0.2) is 0 Å². The standard InChI is InChI=1S/C13H23NO2/c14-13(4-1-2-5-13)11-3-7-16-12(9-11)6-8-15-10-12/h11H,1-10,14H2. The van der Waals surface area contributed by atoms with Crippen LogP contribution in [0.2, 0.25) is 0 Å². The van der Waals surface area contributed by atoms with Gasteiger partial charge < -0.3 is 15.2 Å². The second-order valence-electron chi connectivity index (χ2n) is 5.96. The summed E-state index contributed by atoms with van der Waals surface area (Å²) in [7, 11) is 0. The predicted molar refractivity (Wildman–Crippen MR) is 62.2 cm³/mol. The van der Waals surface area contributed by atoms with E-state index in [1.165, 1.54) is 25.7 Å². The van der Waals surface area contributed by atoms with E-state index in [-0.39, 0.29) is 11.1 Å². The number of rotatable bonds is 1. The van der Waals surface area contributed by atoms with Gasteiger partial charge in [0.2, 0.25) is 0 Å². The molecular formula is C13H23NO2. The first-order valence-corrected chi connectivity index (χ1v) is 6.73. The number of nitrogens with two attached hydrogens (primary N) is 1. The highest BCUT2D eigenvalue weighted by Gasteiger charge is 2.47. The maximum Gasteiger partial charge on any atom is 0.0940 e. The van der Waals surface area contributed by atoms with Crippen molar-refractivity contribution in [1.82, 2.24) is 0 Å². The molecular weight excluding hydrogens is 202 g/mol. The van der Waals surface area contributed by atoms with E-state index < -0.39 is 0 Å². The molecule has 0 aromatic heterocycles. The largest absolute Gasteiger partial charge is 0.378 e. The Kier molecular flexibility index (Phi) is 2.73. The molecule has 2 heterocycles. The minimum Gasteiger partial charge on any atom is -0.378 e. The van der Waals surface area contributed by atoms with E-state index in [4.69, 9.17) is 15.2 Å². The van der Waals surface area contributed by atoms with Gasteiger partial charge in [-0.2, -0.15) is 0 Å². The van der Waals surface area contributed by atoms with Gasteiger partial charge >= 0.3 is 0 Å². The van der Waals surface area contributed by atoms with Gasteiger partial charge in [0.15, 0.2) is 0 Å².